The summed E-state index contributed by atoms with van der Waals surface area (Å²) in [5, 5.41) is 44.2. The van der Waals surface area contributed by atoms with Crippen LogP contribution in [0.2, 0.25) is 0 Å². The van der Waals surface area contributed by atoms with Gasteiger partial charge in [0, 0.05) is 24.3 Å². The molecule has 0 saturated carbocycles. The monoisotopic (exact) mass is 350 g/mol. The minimum Gasteiger partial charge on any atom is -0.430 e. The second-order valence-electron chi connectivity index (χ2n) is 4.38. The van der Waals surface area contributed by atoms with Crippen LogP contribution in [0.3, 0.4) is 0 Å². The first-order chi connectivity index (χ1) is 11.7. The fourth-order valence-corrected chi connectivity index (χ4v) is 1.91. The number of hydrogen-bond acceptors (Lipinski definition) is 9. The average Bonchev–Trinajstić information content (AvgIpc) is 2.54. The molecule has 0 unspecified atom stereocenters. The van der Waals surface area contributed by atoms with Crippen molar-refractivity contribution in [3.05, 3.63) is 76.9 Å². The molecule has 2 aromatic rings. The van der Waals surface area contributed by atoms with Gasteiger partial charge in [-0.25, -0.2) is 0 Å². The summed E-state index contributed by atoms with van der Waals surface area (Å²) >= 11 is 0. The summed E-state index contributed by atoms with van der Waals surface area (Å²) in [6.45, 7) is 0. The number of nitrogens with zero attached hydrogens (tertiary/aromatic N) is 4. The van der Waals surface area contributed by atoms with Crippen molar-refractivity contribution >= 4 is 22.7 Å². The summed E-state index contributed by atoms with van der Waals surface area (Å²) < 4.78 is 4.98. The van der Waals surface area contributed by atoms with E-state index in [9.17, 15) is 40.5 Å². The lowest BCUT2D eigenvalue weighted by atomic mass is 10.2. The fourth-order valence-electron chi connectivity index (χ4n) is 1.91. The number of hydrogen-bond donors (Lipinski definition) is 0. The van der Waals surface area contributed by atoms with Crippen molar-refractivity contribution in [2.24, 2.45) is 0 Å². The van der Waals surface area contributed by atoms with Gasteiger partial charge in [-0.15, -0.1) is 0 Å². The summed E-state index contributed by atoms with van der Waals surface area (Å²) in [5.41, 5.74) is -3.49. The summed E-state index contributed by atoms with van der Waals surface area (Å²) in [6.07, 6.45) is 0. The van der Waals surface area contributed by atoms with E-state index in [1.165, 1.54) is 0 Å². The van der Waals surface area contributed by atoms with Crippen LogP contribution >= 0.6 is 0 Å². The highest BCUT2D eigenvalue weighted by Crippen LogP contribution is 2.45. The third-order valence-corrected chi connectivity index (χ3v) is 2.94. The Balaban J connectivity index is 2.76. The van der Waals surface area contributed by atoms with E-state index in [0.29, 0.717) is 0 Å². The first-order valence-corrected chi connectivity index (χ1v) is 6.25. The zero-order valence-corrected chi connectivity index (χ0v) is 11.9. The van der Waals surface area contributed by atoms with E-state index in [0.717, 1.165) is 36.4 Å². The largest absolute Gasteiger partial charge is 0.430 e. The molecule has 0 fully saturated rings. The van der Waals surface area contributed by atoms with Gasteiger partial charge in [0.1, 0.15) is 0 Å². The van der Waals surface area contributed by atoms with Crippen LogP contribution in [0.15, 0.2) is 36.4 Å². The van der Waals surface area contributed by atoms with Crippen molar-refractivity contribution in [1.82, 2.24) is 0 Å². The topological polar surface area (TPSA) is 182 Å². The number of para-hydroxylation sites is 2. The molecule has 0 aliphatic heterocycles. The van der Waals surface area contributed by atoms with Crippen LogP contribution in [-0.2, 0) is 0 Å². The lowest BCUT2D eigenvalue weighted by molar-refractivity contribution is -0.399. The van der Waals surface area contributed by atoms with Crippen LogP contribution in [0.4, 0.5) is 22.7 Å². The van der Waals surface area contributed by atoms with E-state index in [1.807, 2.05) is 0 Å². The zero-order valence-electron chi connectivity index (χ0n) is 11.9. The quantitative estimate of drug-likeness (QED) is 0.558. The summed E-state index contributed by atoms with van der Waals surface area (Å²) in [6, 6.07) is 5.48. The van der Waals surface area contributed by atoms with Gasteiger partial charge >= 0.3 is 22.7 Å². The Hall–Kier alpha value is -4.16. The van der Waals surface area contributed by atoms with E-state index >= 15 is 0 Å². The van der Waals surface area contributed by atoms with Crippen molar-refractivity contribution in [3.63, 3.8) is 0 Å². The van der Waals surface area contributed by atoms with Crippen molar-refractivity contribution in [3.8, 4) is 11.5 Å². The smallest absolute Gasteiger partial charge is 0.318 e. The van der Waals surface area contributed by atoms with E-state index in [2.05, 4.69) is 0 Å². The van der Waals surface area contributed by atoms with Gasteiger partial charge in [-0.1, -0.05) is 0 Å². The minimum atomic E-state index is -1.01. The minimum absolute atomic E-state index is 0.864. The number of rotatable bonds is 6. The highest BCUT2D eigenvalue weighted by molar-refractivity contribution is 5.66. The molecule has 0 aliphatic rings. The predicted octanol–water partition coefficient (Wildman–Crippen LogP) is 3.11. The average molecular weight is 350 g/mol. The molecule has 0 amide bonds. The number of ether oxygens (including phenoxy) is 1. The maximum Gasteiger partial charge on any atom is 0.318 e. The SMILES string of the molecule is O=[N+]([O-])c1cccc([N+](=O)[O-])c1Oc1c([N+](=O)[O-])cccc1[N+](=O)[O-]. The van der Waals surface area contributed by atoms with Gasteiger partial charge in [-0.2, -0.15) is 0 Å². The molecule has 0 aromatic heterocycles. The van der Waals surface area contributed by atoms with Crippen molar-refractivity contribution in [1.29, 1.82) is 0 Å². The van der Waals surface area contributed by atoms with Crippen LogP contribution in [-0.4, -0.2) is 19.7 Å². The Bertz CT molecular complexity index is 773. The Kier molecular flexibility index (Phi) is 4.49. The number of nitro groups is 4. The van der Waals surface area contributed by atoms with Gasteiger partial charge in [0.15, 0.2) is 0 Å². The van der Waals surface area contributed by atoms with Gasteiger partial charge in [-0.3, -0.25) is 40.5 Å². The van der Waals surface area contributed by atoms with Crippen LogP contribution < -0.4 is 4.74 Å². The third-order valence-electron chi connectivity index (χ3n) is 2.94. The molecular formula is C12H6N4O9. The van der Waals surface area contributed by atoms with E-state index in [1.54, 1.807) is 0 Å². The molecule has 13 nitrogen and oxygen atoms in total. The molecule has 0 bridgehead atoms. The van der Waals surface area contributed by atoms with Crippen LogP contribution in [0.25, 0.3) is 0 Å². The summed E-state index contributed by atoms with van der Waals surface area (Å²) in [5.74, 6) is -1.90. The molecular weight excluding hydrogens is 344 g/mol. The summed E-state index contributed by atoms with van der Waals surface area (Å²) in [4.78, 5) is 40.2. The Morgan fingerprint density at radius 3 is 1.00 bits per heavy atom. The molecule has 25 heavy (non-hydrogen) atoms. The van der Waals surface area contributed by atoms with Crippen LogP contribution in [0.1, 0.15) is 0 Å². The van der Waals surface area contributed by atoms with Crippen LogP contribution in [0.5, 0.6) is 11.5 Å². The third kappa shape index (κ3) is 3.29. The van der Waals surface area contributed by atoms with Crippen molar-refractivity contribution in [2.75, 3.05) is 0 Å². The van der Waals surface area contributed by atoms with Crippen molar-refractivity contribution in [2.45, 2.75) is 0 Å². The number of benzene rings is 2. The first-order valence-electron chi connectivity index (χ1n) is 6.25. The lowest BCUT2D eigenvalue weighted by Crippen LogP contribution is -2.02. The molecule has 0 radical (unpaired) electrons. The fraction of sp³-hybridized carbons (Fsp3) is 0. The van der Waals surface area contributed by atoms with E-state index < -0.39 is 53.9 Å². The molecule has 0 N–H and O–H groups in total. The first kappa shape index (κ1) is 17.2. The standard InChI is InChI=1S/C12H6N4O9/c17-13(18)7-3-1-4-8(14(19)20)11(7)25-12-9(15(21)22)5-2-6-10(12)16(23)24/h1-6H. The Morgan fingerprint density at radius 1 is 0.560 bits per heavy atom. The van der Waals surface area contributed by atoms with Crippen molar-refractivity contribution < 1.29 is 24.4 Å². The molecule has 128 valence electrons. The molecule has 0 spiro atoms. The highest BCUT2D eigenvalue weighted by Gasteiger charge is 2.33. The molecule has 13 heteroatoms. The lowest BCUT2D eigenvalue weighted by Gasteiger charge is -2.07. The van der Waals surface area contributed by atoms with Gasteiger partial charge in [0.2, 0.25) is 0 Å². The van der Waals surface area contributed by atoms with Crippen LogP contribution in [0, 0.1) is 40.5 Å². The normalized spacial score (nSPS) is 10.1. The molecule has 0 atom stereocenters. The zero-order chi connectivity index (χ0) is 18.7. The van der Waals surface area contributed by atoms with Gasteiger partial charge in [0.05, 0.1) is 19.7 Å². The molecule has 0 heterocycles. The maximum absolute atomic E-state index is 11.1. The maximum atomic E-state index is 11.1. The Labute approximate surface area is 136 Å². The Morgan fingerprint density at radius 2 is 0.800 bits per heavy atom. The summed E-state index contributed by atoms with van der Waals surface area (Å²) in [7, 11) is 0. The molecule has 0 aliphatic carbocycles. The second-order valence-corrected chi connectivity index (χ2v) is 4.38. The van der Waals surface area contributed by atoms with Gasteiger partial charge < -0.3 is 4.74 Å². The van der Waals surface area contributed by atoms with Gasteiger partial charge in [-0.05, 0) is 12.1 Å². The molecule has 0 saturated heterocycles. The molecule has 2 aromatic carbocycles. The predicted molar refractivity (Wildman–Crippen MR) is 79.6 cm³/mol. The van der Waals surface area contributed by atoms with E-state index in [-0.39, 0.29) is 0 Å². The number of nitro benzene ring substituents is 4. The van der Waals surface area contributed by atoms with E-state index in [4.69, 9.17) is 4.74 Å². The second kappa shape index (κ2) is 6.53. The highest BCUT2D eigenvalue weighted by atomic mass is 16.7. The molecule has 2 rings (SSSR count). The van der Waals surface area contributed by atoms with Gasteiger partial charge in [0.25, 0.3) is 11.5 Å².